The van der Waals surface area contributed by atoms with Gasteiger partial charge in [-0.3, -0.25) is 4.79 Å². The fourth-order valence-corrected chi connectivity index (χ4v) is 1.89. The quantitative estimate of drug-likeness (QED) is 0.649. The van der Waals surface area contributed by atoms with Crippen LogP contribution in [-0.4, -0.2) is 32.7 Å². The standard InChI is InChI=1S/C12H24N2O2/c1-3-10(8-13)11(15)14-9-12(4-5-12)6-7-16-2/h10H,3-9,13H2,1-2H3,(H,14,15). The Hall–Kier alpha value is -0.610. The molecule has 1 rings (SSSR count). The Morgan fingerprint density at radius 2 is 2.25 bits per heavy atom. The lowest BCUT2D eigenvalue weighted by Gasteiger charge is -2.18. The van der Waals surface area contributed by atoms with Gasteiger partial charge in [0.2, 0.25) is 5.91 Å². The molecule has 1 aliphatic carbocycles. The molecule has 4 heteroatoms. The summed E-state index contributed by atoms with van der Waals surface area (Å²) < 4.78 is 5.08. The normalized spacial score (nSPS) is 19.2. The molecule has 1 unspecified atom stereocenters. The summed E-state index contributed by atoms with van der Waals surface area (Å²) in [6.45, 7) is 4.00. The molecule has 1 amide bonds. The fraction of sp³-hybridized carbons (Fsp3) is 0.917. The molecule has 4 nitrogen and oxygen atoms in total. The molecule has 3 N–H and O–H groups in total. The summed E-state index contributed by atoms with van der Waals surface area (Å²) in [4.78, 5) is 11.7. The maximum Gasteiger partial charge on any atom is 0.224 e. The number of hydrogen-bond acceptors (Lipinski definition) is 3. The van der Waals surface area contributed by atoms with Gasteiger partial charge in [-0.1, -0.05) is 6.92 Å². The van der Waals surface area contributed by atoms with Crippen molar-refractivity contribution in [2.24, 2.45) is 17.1 Å². The van der Waals surface area contributed by atoms with Crippen LogP contribution in [0, 0.1) is 11.3 Å². The van der Waals surface area contributed by atoms with Crippen LogP contribution in [0.15, 0.2) is 0 Å². The molecule has 0 heterocycles. The van der Waals surface area contributed by atoms with Gasteiger partial charge in [-0.15, -0.1) is 0 Å². The van der Waals surface area contributed by atoms with E-state index in [9.17, 15) is 4.79 Å². The monoisotopic (exact) mass is 228 g/mol. The Morgan fingerprint density at radius 3 is 2.69 bits per heavy atom. The van der Waals surface area contributed by atoms with Crippen molar-refractivity contribution in [3.63, 3.8) is 0 Å². The van der Waals surface area contributed by atoms with E-state index in [1.807, 2.05) is 6.92 Å². The van der Waals surface area contributed by atoms with Gasteiger partial charge in [-0.05, 0) is 31.1 Å². The van der Waals surface area contributed by atoms with Crippen molar-refractivity contribution in [3.05, 3.63) is 0 Å². The molecule has 0 aliphatic heterocycles. The average molecular weight is 228 g/mol. The summed E-state index contributed by atoms with van der Waals surface area (Å²) >= 11 is 0. The Kier molecular flexibility index (Phi) is 5.22. The minimum absolute atomic E-state index is 0.0294. The Bertz CT molecular complexity index is 223. The largest absolute Gasteiger partial charge is 0.385 e. The zero-order valence-electron chi connectivity index (χ0n) is 10.4. The summed E-state index contributed by atoms with van der Waals surface area (Å²) in [5, 5.41) is 3.02. The topological polar surface area (TPSA) is 64.4 Å². The van der Waals surface area contributed by atoms with Gasteiger partial charge in [0.25, 0.3) is 0 Å². The Morgan fingerprint density at radius 1 is 1.56 bits per heavy atom. The first kappa shape index (κ1) is 13.5. The highest BCUT2D eigenvalue weighted by Gasteiger charge is 2.42. The van der Waals surface area contributed by atoms with Gasteiger partial charge in [-0.2, -0.15) is 0 Å². The third kappa shape index (κ3) is 3.76. The number of nitrogens with one attached hydrogen (secondary N) is 1. The van der Waals surface area contributed by atoms with Crippen LogP contribution >= 0.6 is 0 Å². The van der Waals surface area contributed by atoms with Gasteiger partial charge in [0, 0.05) is 32.7 Å². The molecule has 0 aromatic rings. The van der Waals surface area contributed by atoms with Crippen molar-refractivity contribution in [1.82, 2.24) is 5.32 Å². The lowest BCUT2D eigenvalue weighted by molar-refractivity contribution is -0.125. The number of carbonyl (C=O) groups is 1. The molecular weight excluding hydrogens is 204 g/mol. The second-order valence-electron chi connectivity index (χ2n) is 4.80. The number of carbonyl (C=O) groups excluding carboxylic acids is 1. The van der Waals surface area contributed by atoms with Crippen LogP contribution in [0.5, 0.6) is 0 Å². The minimum atomic E-state index is -0.0294. The van der Waals surface area contributed by atoms with Gasteiger partial charge in [-0.25, -0.2) is 0 Å². The van der Waals surface area contributed by atoms with Crippen LogP contribution in [0.3, 0.4) is 0 Å². The van der Waals surface area contributed by atoms with Crippen molar-refractivity contribution < 1.29 is 9.53 Å². The van der Waals surface area contributed by atoms with Crippen LogP contribution in [0.4, 0.5) is 0 Å². The zero-order valence-corrected chi connectivity index (χ0v) is 10.4. The number of rotatable bonds is 8. The van der Waals surface area contributed by atoms with Crippen LogP contribution in [-0.2, 0) is 9.53 Å². The fourth-order valence-electron chi connectivity index (χ4n) is 1.89. The van der Waals surface area contributed by atoms with Crippen LogP contribution in [0.2, 0.25) is 0 Å². The van der Waals surface area contributed by atoms with Gasteiger partial charge in [0.05, 0.1) is 0 Å². The van der Waals surface area contributed by atoms with Gasteiger partial charge in [0.15, 0.2) is 0 Å². The highest BCUT2D eigenvalue weighted by molar-refractivity contribution is 5.78. The van der Waals surface area contributed by atoms with Crippen LogP contribution in [0.1, 0.15) is 32.6 Å². The molecular formula is C12H24N2O2. The average Bonchev–Trinajstić information content (AvgIpc) is 3.06. The van der Waals surface area contributed by atoms with Crippen molar-refractivity contribution >= 4 is 5.91 Å². The maximum atomic E-state index is 11.7. The van der Waals surface area contributed by atoms with E-state index in [1.165, 1.54) is 12.8 Å². The first-order valence-electron chi connectivity index (χ1n) is 6.14. The molecule has 16 heavy (non-hydrogen) atoms. The van der Waals surface area contributed by atoms with Gasteiger partial charge < -0.3 is 15.8 Å². The molecule has 1 fully saturated rings. The molecule has 0 saturated heterocycles. The van der Waals surface area contributed by atoms with E-state index in [2.05, 4.69) is 5.32 Å². The highest BCUT2D eigenvalue weighted by atomic mass is 16.5. The van der Waals surface area contributed by atoms with E-state index < -0.39 is 0 Å². The Labute approximate surface area is 97.9 Å². The van der Waals surface area contributed by atoms with E-state index in [4.69, 9.17) is 10.5 Å². The van der Waals surface area contributed by atoms with Crippen molar-refractivity contribution in [1.29, 1.82) is 0 Å². The predicted molar refractivity (Wildman–Crippen MR) is 64.0 cm³/mol. The van der Waals surface area contributed by atoms with E-state index in [1.54, 1.807) is 7.11 Å². The molecule has 1 aliphatic rings. The number of nitrogens with two attached hydrogens (primary N) is 1. The van der Waals surface area contributed by atoms with Crippen molar-refractivity contribution in [2.75, 3.05) is 26.8 Å². The summed E-state index contributed by atoms with van der Waals surface area (Å²) in [5.41, 5.74) is 5.86. The lowest BCUT2D eigenvalue weighted by Crippen LogP contribution is -2.38. The van der Waals surface area contributed by atoms with E-state index >= 15 is 0 Å². The smallest absolute Gasteiger partial charge is 0.224 e. The molecule has 0 radical (unpaired) electrons. The third-order valence-corrected chi connectivity index (χ3v) is 3.58. The molecule has 0 spiro atoms. The molecule has 94 valence electrons. The highest BCUT2D eigenvalue weighted by Crippen LogP contribution is 2.48. The van der Waals surface area contributed by atoms with E-state index in [0.29, 0.717) is 12.0 Å². The molecule has 0 bridgehead atoms. The molecule has 0 aromatic carbocycles. The summed E-state index contributed by atoms with van der Waals surface area (Å²) in [6, 6.07) is 0. The number of amides is 1. The summed E-state index contributed by atoms with van der Waals surface area (Å²) in [7, 11) is 1.72. The summed E-state index contributed by atoms with van der Waals surface area (Å²) in [5.74, 6) is 0.0758. The SMILES string of the molecule is CCC(CN)C(=O)NCC1(CCOC)CC1. The summed E-state index contributed by atoms with van der Waals surface area (Å²) in [6.07, 6.45) is 4.27. The van der Waals surface area contributed by atoms with E-state index in [0.717, 1.165) is 26.0 Å². The van der Waals surface area contributed by atoms with Crippen LogP contribution < -0.4 is 11.1 Å². The van der Waals surface area contributed by atoms with Crippen molar-refractivity contribution in [3.8, 4) is 0 Å². The zero-order chi connectivity index (χ0) is 12.0. The predicted octanol–water partition coefficient (Wildman–Crippen LogP) is 0.904. The van der Waals surface area contributed by atoms with Gasteiger partial charge >= 0.3 is 0 Å². The van der Waals surface area contributed by atoms with Crippen LogP contribution in [0.25, 0.3) is 0 Å². The van der Waals surface area contributed by atoms with E-state index in [-0.39, 0.29) is 11.8 Å². The maximum absolute atomic E-state index is 11.7. The van der Waals surface area contributed by atoms with Gasteiger partial charge in [0.1, 0.15) is 0 Å². The number of methoxy groups -OCH3 is 1. The molecule has 1 saturated carbocycles. The van der Waals surface area contributed by atoms with Crippen molar-refractivity contribution in [2.45, 2.75) is 32.6 Å². The molecule has 0 aromatic heterocycles. The first-order valence-corrected chi connectivity index (χ1v) is 6.14. The minimum Gasteiger partial charge on any atom is -0.385 e. The number of hydrogen-bond donors (Lipinski definition) is 2. The third-order valence-electron chi connectivity index (χ3n) is 3.58. The lowest BCUT2D eigenvalue weighted by atomic mass is 10.0. The molecule has 1 atom stereocenters. The Balaban J connectivity index is 2.25. The number of ether oxygens (including phenoxy) is 1. The second-order valence-corrected chi connectivity index (χ2v) is 4.80. The second kappa shape index (κ2) is 6.21. The first-order chi connectivity index (χ1) is 7.67.